The number of nitrogens with zero attached hydrogens (tertiary/aromatic N) is 2. The molecular weight excluding hydrogens is 390 g/mol. The summed E-state index contributed by atoms with van der Waals surface area (Å²) < 4.78 is 0. The number of amides is 2. The quantitative estimate of drug-likeness (QED) is 0.815. The van der Waals surface area contributed by atoms with Crippen molar-refractivity contribution in [3.05, 3.63) is 59.2 Å². The van der Waals surface area contributed by atoms with Gasteiger partial charge in [-0.2, -0.15) is 0 Å². The summed E-state index contributed by atoms with van der Waals surface area (Å²) in [7, 11) is 1.65. The fourth-order valence-corrected chi connectivity index (χ4v) is 4.09. The Kier molecular flexibility index (Phi) is 6.03. The van der Waals surface area contributed by atoms with Crippen LogP contribution in [0.25, 0.3) is 0 Å². The fourth-order valence-electron chi connectivity index (χ4n) is 2.94. The van der Waals surface area contributed by atoms with Crippen LogP contribution in [0, 0.1) is 13.8 Å². The zero-order valence-corrected chi connectivity index (χ0v) is 17.1. The maximum absolute atomic E-state index is 12.6. The van der Waals surface area contributed by atoms with Gasteiger partial charge in [0.25, 0.3) is 0 Å². The summed E-state index contributed by atoms with van der Waals surface area (Å²) in [4.78, 5) is 41.8. The molecule has 0 spiro atoms. The number of hydrogen-bond donors (Lipinski definition) is 1. The van der Waals surface area contributed by atoms with Crippen LogP contribution in [-0.2, 0) is 9.59 Å². The Morgan fingerprint density at radius 2 is 1.76 bits per heavy atom. The number of aryl methyl sites for hydroxylation is 2. The standard InChI is InChI=1S/C21H21N3O4S/c1-12-5-4-6-13(2)18(12)23-21-24(3)19(26)16(29-21)11-17(25)22-15-9-7-14(8-10-15)20(27)28/h4-10,16H,11H2,1-3H3,(H,22,25)(H,27,28)/p-1/t16-/m1/s1. The lowest BCUT2D eigenvalue weighted by Crippen LogP contribution is -2.30. The number of aliphatic imine (C=N–C) groups is 1. The Hall–Kier alpha value is -3.13. The summed E-state index contributed by atoms with van der Waals surface area (Å²) in [6.07, 6.45) is -0.0121. The van der Waals surface area contributed by atoms with Gasteiger partial charge in [-0.1, -0.05) is 42.1 Å². The molecule has 1 fully saturated rings. The van der Waals surface area contributed by atoms with Gasteiger partial charge < -0.3 is 15.2 Å². The second kappa shape index (κ2) is 8.48. The number of nitrogens with one attached hydrogen (secondary N) is 1. The highest BCUT2D eigenvalue weighted by atomic mass is 32.2. The van der Waals surface area contributed by atoms with Crippen LogP contribution in [0.2, 0.25) is 0 Å². The molecule has 0 saturated carbocycles. The Morgan fingerprint density at radius 3 is 2.34 bits per heavy atom. The van der Waals surface area contributed by atoms with Crippen molar-refractivity contribution in [3.8, 4) is 0 Å². The van der Waals surface area contributed by atoms with Crippen LogP contribution < -0.4 is 10.4 Å². The number of carboxylic acids is 1. The van der Waals surface area contributed by atoms with E-state index in [0.29, 0.717) is 10.9 Å². The van der Waals surface area contributed by atoms with Crippen molar-refractivity contribution < 1.29 is 19.5 Å². The molecule has 7 nitrogen and oxygen atoms in total. The normalized spacial score (nSPS) is 17.6. The van der Waals surface area contributed by atoms with Crippen LogP contribution in [0.15, 0.2) is 47.5 Å². The topological polar surface area (TPSA) is 102 Å². The summed E-state index contributed by atoms with van der Waals surface area (Å²) >= 11 is 1.26. The molecule has 1 aliphatic heterocycles. The molecule has 0 unspecified atom stereocenters. The van der Waals surface area contributed by atoms with E-state index in [4.69, 9.17) is 0 Å². The molecule has 1 saturated heterocycles. The summed E-state index contributed by atoms with van der Waals surface area (Å²) in [5.74, 6) is -1.80. The van der Waals surface area contributed by atoms with Gasteiger partial charge in [0.1, 0.15) is 5.25 Å². The number of carbonyl (C=O) groups excluding carboxylic acids is 3. The molecule has 29 heavy (non-hydrogen) atoms. The first-order valence-corrected chi connectivity index (χ1v) is 9.84. The molecule has 1 N–H and O–H groups in total. The zero-order chi connectivity index (χ0) is 21.1. The number of aromatic carboxylic acids is 1. The largest absolute Gasteiger partial charge is 0.545 e. The van der Waals surface area contributed by atoms with E-state index in [1.165, 1.54) is 40.9 Å². The van der Waals surface area contributed by atoms with Crippen LogP contribution in [0.1, 0.15) is 27.9 Å². The summed E-state index contributed by atoms with van der Waals surface area (Å²) in [6.45, 7) is 3.93. The molecule has 1 heterocycles. The van der Waals surface area contributed by atoms with Crippen molar-refractivity contribution in [1.29, 1.82) is 0 Å². The number of carbonyl (C=O) groups is 3. The SMILES string of the molecule is Cc1cccc(C)c1N=C1S[C@H](CC(=O)Nc2ccc(C(=O)[O-])cc2)C(=O)N1C. The number of benzene rings is 2. The van der Waals surface area contributed by atoms with Gasteiger partial charge in [0, 0.05) is 19.2 Å². The van der Waals surface area contributed by atoms with Crippen LogP contribution in [0.3, 0.4) is 0 Å². The second-order valence-corrected chi connectivity index (χ2v) is 7.93. The first kappa shape index (κ1) is 20.6. The van der Waals surface area contributed by atoms with Crippen LogP contribution in [-0.4, -0.2) is 40.1 Å². The van der Waals surface area contributed by atoms with E-state index >= 15 is 0 Å². The number of hydrogen-bond acceptors (Lipinski definition) is 6. The van der Waals surface area contributed by atoms with Gasteiger partial charge in [0.05, 0.1) is 11.7 Å². The molecule has 0 bridgehead atoms. The van der Waals surface area contributed by atoms with Crippen molar-refractivity contribution in [1.82, 2.24) is 4.90 Å². The van der Waals surface area contributed by atoms with E-state index in [1.54, 1.807) is 7.05 Å². The maximum Gasteiger partial charge on any atom is 0.242 e. The molecule has 0 aliphatic carbocycles. The number of amidine groups is 1. The minimum absolute atomic E-state index is 0.0121. The smallest absolute Gasteiger partial charge is 0.242 e. The number of rotatable bonds is 5. The summed E-state index contributed by atoms with van der Waals surface area (Å²) in [5, 5.41) is 13.5. The van der Waals surface area contributed by atoms with E-state index in [0.717, 1.165) is 16.8 Å². The van der Waals surface area contributed by atoms with Crippen LogP contribution in [0.4, 0.5) is 11.4 Å². The molecule has 1 aliphatic rings. The molecular formula is C21H20N3O4S-. The Labute approximate surface area is 172 Å². The first-order chi connectivity index (χ1) is 13.8. The molecule has 2 aromatic rings. The summed E-state index contributed by atoms with van der Waals surface area (Å²) in [6, 6.07) is 11.5. The van der Waals surface area contributed by atoms with Crippen molar-refractivity contribution in [3.63, 3.8) is 0 Å². The average Bonchev–Trinajstić information content (AvgIpc) is 2.93. The number of para-hydroxylation sites is 1. The van der Waals surface area contributed by atoms with Crippen LogP contribution >= 0.6 is 11.8 Å². The van der Waals surface area contributed by atoms with E-state index < -0.39 is 11.2 Å². The van der Waals surface area contributed by atoms with E-state index in [-0.39, 0.29) is 23.8 Å². The highest BCUT2D eigenvalue weighted by Crippen LogP contribution is 2.32. The highest BCUT2D eigenvalue weighted by molar-refractivity contribution is 8.15. The van der Waals surface area contributed by atoms with Gasteiger partial charge >= 0.3 is 0 Å². The molecule has 3 rings (SSSR count). The van der Waals surface area contributed by atoms with Crippen molar-refractivity contribution in [2.24, 2.45) is 4.99 Å². The monoisotopic (exact) mass is 410 g/mol. The Morgan fingerprint density at radius 1 is 1.14 bits per heavy atom. The molecule has 8 heteroatoms. The van der Waals surface area contributed by atoms with Crippen LogP contribution in [0.5, 0.6) is 0 Å². The average molecular weight is 410 g/mol. The third-order valence-electron chi connectivity index (χ3n) is 4.56. The lowest BCUT2D eigenvalue weighted by atomic mass is 10.1. The fraction of sp³-hybridized carbons (Fsp3) is 0.238. The van der Waals surface area contributed by atoms with Gasteiger partial charge in [0.2, 0.25) is 11.8 Å². The third kappa shape index (κ3) is 4.65. The Bertz CT molecular complexity index is 981. The van der Waals surface area contributed by atoms with Crippen molar-refractivity contribution in [2.75, 3.05) is 12.4 Å². The molecule has 150 valence electrons. The lowest BCUT2D eigenvalue weighted by Gasteiger charge is -2.10. The van der Waals surface area contributed by atoms with E-state index in [1.807, 2.05) is 32.0 Å². The highest BCUT2D eigenvalue weighted by Gasteiger charge is 2.37. The molecule has 2 aromatic carbocycles. The second-order valence-electron chi connectivity index (χ2n) is 6.76. The van der Waals surface area contributed by atoms with Gasteiger partial charge in [-0.25, -0.2) is 4.99 Å². The molecule has 1 atom stereocenters. The van der Waals surface area contributed by atoms with E-state index in [9.17, 15) is 19.5 Å². The zero-order valence-electron chi connectivity index (χ0n) is 16.3. The first-order valence-electron chi connectivity index (χ1n) is 8.96. The predicted molar refractivity (Wildman–Crippen MR) is 111 cm³/mol. The predicted octanol–water partition coefficient (Wildman–Crippen LogP) is 2.26. The lowest BCUT2D eigenvalue weighted by molar-refractivity contribution is -0.255. The molecule has 0 aromatic heterocycles. The van der Waals surface area contributed by atoms with Gasteiger partial charge in [-0.15, -0.1) is 0 Å². The minimum atomic E-state index is -1.28. The minimum Gasteiger partial charge on any atom is -0.545 e. The van der Waals surface area contributed by atoms with E-state index in [2.05, 4.69) is 10.3 Å². The maximum atomic E-state index is 12.6. The Balaban J connectivity index is 1.68. The van der Waals surface area contributed by atoms with Crippen molar-refractivity contribution >= 4 is 46.1 Å². The number of carboxylic acid groups (broad SMARTS) is 1. The van der Waals surface area contributed by atoms with Crippen molar-refractivity contribution in [2.45, 2.75) is 25.5 Å². The number of thioether (sulfide) groups is 1. The van der Waals surface area contributed by atoms with Gasteiger partial charge in [0.15, 0.2) is 5.17 Å². The molecule has 0 radical (unpaired) electrons. The molecule has 2 amide bonds. The third-order valence-corrected chi connectivity index (χ3v) is 5.79. The number of anilines is 1. The van der Waals surface area contributed by atoms with Gasteiger partial charge in [-0.05, 0) is 42.7 Å². The van der Waals surface area contributed by atoms with Gasteiger partial charge in [-0.3, -0.25) is 14.5 Å². The summed E-state index contributed by atoms with van der Waals surface area (Å²) in [5.41, 5.74) is 3.33.